The lowest BCUT2D eigenvalue weighted by Gasteiger charge is -2.10. The maximum atomic E-state index is 11.5. The molecule has 6 heteroatoms. The molecule has 0 bridgehead atoms. The van der Waals surface area contributed by atoms with Crippen LogP contribution in [-0.2, 0) is 28.7 Å². The van der Waals surface area contributed by atoms with Gasteiger partial charge in [-0.25, -0.2) is 4.79 Å². The summed E-state index contributed by atoms with van der Waals surface area (Å²) in [5, 5.41) is 0. The Bertz CT molecular complexity index is 320. The second-order valence-electron chi connectivity index (χ2n) is 3.26. The molecule has 0 spiro atoms. The van der Waals surface area contributed by atoms with Crippen molar-refractivity contribution in [3.8, 4) is 0 Å². The van der Waals surface area contributed by atoms with Crippen LogP contribution >= 0.6 is 0 Å². The number of carbonyl (C=O) groups excluding carboxylic acids is 4. The van der Waals surface area contributed by atoms with Gasteiger partial charge in [0.2, 0.25) is 0 Å². The standard InChI is InChI=1S/C11H16O6/c1-4-16-9(13)6-8(7(3)12)10(14)11(15)17-5-2/h8H,4-6H2,1-3H3. The molecule has 17 heavy (non-hydrogen) atoms. The molecule has 0 amide bonds. The van der Waals surface area contributed by atoms with Crippen LogP contribution in [0.2, 0.25) is 0 Å². The van der Waals surface area contributed by atoms with Gasteiger partial charge in [0.1, 0.15) is 5.78 Å². The Labute approximate surface area is 99.3 Å². The van der Waals surface area contributed by atoms with Crippen molar-refractivity contribution < 1.29 is 28.7 Å². The molecular weight excluding hydrogens is 228 g/mol. The minimum Gasteiger partial charge on any atom is -0.466 e. The first-order chi connectivity index (χ1) is 7.93. The van der Waals surface area contributed by atoms with Gasteiger partial charge in [0.15, 0.2) is 0 Å². The Morgan fingerprint density at radius 3 is 1.94 bits per heavy atom. The average molecular weight is 244 g/mol. The van der Waals surface area contributed by atoms with Crippen LogP contribution in [0.1, 0.15) is 27.2 Å². The van der Waals surface area contributed by atoms with Gasteiger partial charge < -0.3 is 9.47 Å². The summed E-state index contributed by atoms with van der Waals surface area (Å²) in [6, 6.07) is 0. The molecule has 0 aromatic carbocycles. The largest absolute Gasteiger partial charge is 0.466 e. The fourth-order valence-corrected chi connectivity index (χ4v) is 1.15. The summed E-state index contributed by atoms with van der Waals surface area (Å²) in [7, 11) is 0. The second-order valence-corrected chi connectivity index (χ2v) is 3.26. The van der Waals surface area contributed by atoms with E-state index < -0.39 is 35.8 Å². The van der Waals surface area contributed by atoms with Crippen LogP contribution in [0.3, 0.4) is 0 Å². The van der Waals surface area contributed by atoms with Gasteiger partial charge >= 0.3 is 11.9 Å². The van der Waals surface area contributed by atoms with Crippen molar-refractivity contribution in [1.29, 1.82) is 0 Å². The number of hydrogen-bond acceptors (Lipinski definition) is 6. The van der Waals surface area contributed by atoms with Crippen LogP contribution in [-0.4, -0.2) is 36.7 Å². The Morgan fingerprint density at radius 2 is 1.53 bits per heavy atom. The van der Waals surface area contributed by atoms with Gasteiger partial charge in [-0.2, -0.15) is 0 Å². The summed E-state index contributed by atoms with van der Waals surface area (Å²) in [4.78, 5) is 45.0. The van der Waals surface area contributed by atoms with E-state index in [0.29, 0.717) is 0 Å². The van der Waals surface area contributed by atoms with Crippen LogP contribution in [0.15, 0.2) is 0 Å². The van der Waals surface area contributed by atoms with E-state index in [1.54, 1.807) is 13.8 Å². The fraction of sp³-hybridized carbons (Fsp3) is 0.636. The lowest BCUT2D eigenvalue weighted by molar-refractivity contribution is -0.158. The van der Waals surface area contributed by atoms with Crippen molar-refractivity contribution in [3.05, 3.63) is 0 Å². The van der Waals surface area contributed by atoms with Crippen molar-refractivity contribution in [2.75, 3.05) is 13.2 Å². The van der Waals surface area contributed by atoms with Crippen LogP contribution in [0.4, 0.5) is 0 Å². The summed E-state index contributed by atoms with van der Waals surface area (Å²) >= 11 is 0. The highest BCUT2D eigenvalue weighted by Gasteiger charge is 2.32. The summed E-state index contributed by atoms with van der Waals surface area (Å²) < 4.78 is 9.10. The van der Waals surface area contributed by atoms with Gasteiger partial charge in [-0.3, -0.25) is 14.4 Å². The highest BCUT2D eigenvalue weighted by Crippen LogP contribution is 2.09. The molecule has 0 aliphatic carbocycles. The first-order valence-electron chi connectivity index (χ1n) is 5.31. The van der Waals surface area contributed by atoms with E-state index >= 15 is 0 Å². The smallest absolute Gasteiger partial charge is 0.375 e. The third-order valence-corrected chi connectivity index (χ3v) is 1.96. The maximum absolute atomic E-state index is 11.5. The van der Waals surface area contributed by atoms with Crippen molar-refractivity contribution in [2.24, 2.45) is 5.92 Å². The highest BCUT2D eigenvalue weighted by atomic mass is 16.5. The number of carbonyl (C=O) groups is 4. The Morgan fingerprint density at radius 1 is 1.00 bits per heavy atom. The number of hydrogen-bond donors (Lipinski definition) is 0. The molecule has 0 saturated carbocycles. The van der Waals surface area contributed by atoms with Crippen LogP contribution in [0.5, 0.6) is 0 Å². The zero-order valence-corrected chi connectivity index (χ0v) is 10.1. The van der Waals surface area contributed by atoms with E-state index in [-0.39, 0.29) is 13.2 Å². The van der Waals surface area contributed by atoms with Crippen molar-refractivity contribution in [2.45, 2.75) is 27.2 Å². The van der Waals surface area contributed by atoms with Gasteiger partial charge in [-0.15, -0.1) is 0 Å². The predicted octanol–water partition coefficient (Wildman–Crippen LogP) is 0.277. The molecule has 0 aliphatic heterocycles. The van der Waals surface area contributed by atoms with Gasteiger partial charge in [-0.1, -0.05) is 0 Å². The van der Waals surface area contributed by atoms with Gasteiger partial charge in [0, 0.05) is 0 Å². The first-order valence-corrected chi connectivity index (χ1v) is 5.31. The zero-order valence-electron chi connectivity index (χ0n) is 10.1. The highest BCUT2D eigenvalue weighted by molar-refractivity contribution is 6.38. The number of esters is 2. The van der Waals surface area contributed by atoms with E-state index in [4.69, 9.17) is 0 Å². The summed E-state index contributed by atoms with van der Waals surface area (Å²) in [6.07, 6.45) is -0.430. The number of Topliss-reactive ketones (excluding diaryl/α,β-unsaturated/α-hetero) is 2. The van der Waals surface area contributed by atoms with Crippen LogP contribution in [0.25, 0.3) is 0 Å². The van der Waals surface area contributed by atoms with Crippen molar-refractivity contribution in [1.82, 2.24) is 0 Å². The van der Waals surface area contributed by atoms with E-state index in [9.17, 15) is 19.2 Å². The van der Waals surface area contributed by atoms with Crippen LogP contribution < -0.4 is 0 Å². The molecule has 0 N–H and O–H groups in total. The summed E-state index contributed by atoms with van der Waals surface area (Å²) in [5.41, 5.74) is 0. The summed E-state index contributed by atoms with van der Waals surface area (Å²) in [6.45, 7) is 4.47. The fourth-order valence-electron chi connectivity index (χ4n) is 1.15. The normalized spacial score (nSPS) is 11.5. The summed E-state index contributed by atoms with van der Waals surface area (Å²) in [5.74, 6) is -4.67. The molecule has 0 aromatic heterocycles. The maximum Gasteiger partial charge on any atom is 0.375 e. The van der Waals surface area contributed by atoms with E-state index in [1.165, 1.54) is 0 Å². The molecule has 0 fully saturated rings. The molecule has 0 heterocycles. The van der Waals surface area contributed by atoms with E-state index in [2.05, 4.69) is 9.47 Å². The Kier molecular flexibility index (Phi) is 6.77. The lowest BCUT2D eigenvalue weighted by atomic mass is 9.96. The minimum atomic E-state index is -1.31. The Balaban J connectivity index is 4.63. The lowest BCUT2D eigenvalue weighted by Crippen LogP contribution is -2.32. The monoisotopic (exact) mass is 244 g/mol. The molecule has 1 unspecified atom stereocenters. The van der Waals surface area contributed by atoms with Crippen molar-refractivity contribution >= 4 is 23.5 Å². The molecule has 0 aromatic rings. The first kappa shape index (κ1) is 15.3. The zero-order chi connectivity index (χ0) is 13.4. The molecule has 6 nitrogen and oxygen atoms in total. The number of ether oxygens (including phenoxy) is 2. The van der Waals surface area contributed by atoms with E-state index in [0.717, 1.165) is 6.92 Å². The SMILES string of the molecule is CCOC(=O)CC(C(C)=O)C(=O)C(=O)OCC. The molecule has 0 aliphatic rings. The van der Waals surface area contributed by atoms with Gasteiger partial charge in [-0.05, 0) is 20.8 Å². The molecule has 96 valence electrons. The quantitative estimate of drug-likeness (QED) is 0.363. The third-order valence-electron chi connectivity index (χ3n) is 1.96. The van der Waals surface area contributed by atoms with Crippen LogP contribution in [0, 0.1) is 5.92 Å². The molecular formula is C11H16O6. The molecule has 0 radical (unpaired) electrons. The number of rotatable bonds is 7. The van der Waals surface area contributed by atoms with E-state index in [1.807, 2.05) is 0 Å². The second kappa shape index (κ2) is 7.54. The molecule has 0 saturated heterocycles. The molecule has 1 atom stereocenters. The number of ketones is 2. The molecule has 0 rings (SSSR count). The average Bonchev–Trinajstić information content (AvgIpc) is 2.25. The third kappa shape index (κ3) is 5.24. The van der Waals surface area contributed by atoms with Gasteiger partial charge in [0.25, 0.3) is 5.78 Å². The Hall–Kier alpha value is -1.72. The minimum absolute atomic E-state index is 0.0363. The predicted molar refractivity (Wildman–Crippen MR) is 57.1 cm³/mol. The topological polar surface area (TPSA) is 86.7 Å². The van der Waals surface area contributed by atoms with Gasteiger partial charge in [0.05, 0.1) is 25.6 Å². The van der Waals surface area contributed by atoms with Crippen molar-refractivity contribution in [3.63, 3.8) is 0 Å².